The topological polar surface area (TPSA) is 87.9 Å². The number of aryl methyl sites for hydroxylation is 1. The molecule has 35 heavy (non-hydrogen) atoms. The molecule has 7 rings (SSSR count). The first-order chi connectivity index (χ1) is 17.2. The predicted molar refractivity (Wildman–Crippen MR) is 138 cm³/mol. The summed E-state index contributed by atoms with van der Waals surface area (Å²) in [5.41, 5.74) is 2.95. The maximum atomic E-state index is 4.86. The standard InChI is InChI=1S/C25H29N9S/c1-16-10-23(31-25(28-16)33-8-6-32(7-9-33)14-17-2-3-17)30-22-11-20-21(13-26-22)35-24(29-20)18-12-27-34(15-18)19-4-5-19/h10-13,15,17,19H,2-9,14H2,1H3,(H,26,28,30,31). The Bertz CT molecular complexity index is 1360. The summed E-state index contributed by atoms with van der Waals surface area (Å²) in [4.78, 5) is 23.9. The van der Waals surface area contributed by atoms with Crippen molar-refractivity contribution in [1.29, 1.82) is 0 Å². The predicted octanol–water partition coefficient (Wildman–Crippen LogP) is 4.26. The van der Waals surface area contributed by atoms with Crippen molar-refractivity contribution in [3.8, 4) is 10.6 Å². The van der Waals surface area contributed by atoms with E-state index < -0.39 is 0 Å². The molecule has 1 aliphatic heterocycles. The van der Waals surface area contributed by atoms with Crippen molar-refractivity contribution in [3.63, 3.8) is 0 Å². The van der Waals surface area contributed by atoms with Crippen LogP contribution in [0.15, 0.2) is 30.7 Å². The van der Waals surface area contributed by atoms with Crippen molar-refractivity contribution < 1.29 is 0 Å². The van der Waals surface area contributed by atoms with E-state index in [0.29, 0.717) is 6.04 Å². The molecule has 10 heteroatoms. The monoisotopic (exact) mass is 487 g/mol. The molecular weight excluding hydrogens is 458 g/mol. The number of nitrogens with zero attached hydrogens (tertiary/aromatic N) is 8. The Morgan fingerprint density at radius 2 is 1.83 bits per heavy atom. The SMILES string of the molecule is Cc1cc(Nc2cc3nc(-c4cnn(C5CC5)c4)sc3cn2)nc(N2CCN(CC3CC3)CC2)n1. The number of hydrogen-bond acceptors (Lipinski definition) is 9. The van der Waals surface area contributed by atoms with Gasteiger partial charge in [-0.25, -0.2) is 15.0 Å². The average Bonchev–Trinajstić information content (AvgIpc) is 3.78. The number of thiazole rings is 1. The zero-order chi connectivity index (χ0) is 23.4. The molecule has 1 saturated heterocycles. The third-order valence-electron chi connectivity index (χ3n) is 7.01. The number of nitrogens with one attached hydrogen (secondary N) is 1. The lowest BCUT2D eigenvalue weighted by molar-refractivity contribution is 0.247. The number of anilines is 3. The summed E-state index contributed by atoms with van der Waals surface area (Å²) in [6.07, 6.45) is 11.2. The van der Waals surface area contributed by atoms with Crippen LogP contribution in [0.25, 0.3) is 20.8 Å². The number of rotatable bonds is 7. The highest BCUT2D eigenvalue weighted by Crippen LogP contribution is 2.37. The Morgan fingerprint density at radius 1 is 0.971 bits per heavy atom. The van der Waals surface area contributed by atoms with Crippen LogP contribution in [0.1, 0.15) is 37.4 Å². The summed E-state index contributed by atoms with van der Waals surface area (Å²) < 4.78 is 3.13. The molecule has 9 nitrogen and oxygen atoms in total. The first kappa shape index (κ1) is 21.2. The minimum Gasteiger partial charge on any atom is -0.338 e. The molecule has 2 saturated carbocycles. The summed E-state index contributed by atoms with van der Waals surface area (Å²) in [5.74, 6) is 3.23. The highest BCUT2D eigenvalue weighted by molar-refractivity contribution is 7.21. The quantitative estimate of drug-likeness (QED) is 0.414. The van der Waals surface area contributed by atoms with Gasteiger partial charge in [0.05, 0.1) is 22.5 Å². The van der Waals surface area contributed by atoms with Crippen molar-refractivity contribution in [2.75, 3.05) is 42.9 Å². The fourth-order valence-corrected chi connectivity index (χ4v) is 5.59. The second kappa shape index (κ2) is 8.53. The summed E-state index contributed by atoms with van der Waals surface area (Å²) in [6.45, 7) is 7.38. The van der Waals surface area contributed by atoms with Crippen LogP contribution in [-0.4, -0.2) is 67.3 Å². The number of piperazine rings is 1. The van der Waals surface area contributed by atoms with Crippen molar-refractivity contribution in [3.05, 3.63) is 36.4 Å². The van der Waals surface area contributed by atoms with Crippen LogP contribution in [0.2, 0.25) is 0 Å². The van der Waals surface area contributed by atoms with Crippen molar-refractivity contribution >= 4 is 39.1 Å². The maximum absolute atomic E-state index is 4.86. The summed E-state index contributed by atoms with van der Waals surface area (Å²) >= 11 is 1.65. The normalized spacial score (nSPS) is 18.9. The van der Waals surface area contributed by atoms with Crippen LogP contribution >= 0.6 is 11.3 Å². The van der Waals surface area contributed by atoms with E-state index in [1.54, 1.807) is 11.3 Å². The van der Waals surface area contributed by atoms with E-state index in [2.05, 4.69) is 36.1 Å². The molecule has 180 valence electrons. The number of fused-ring (bicyclic) bond motifs is 1. The van der Waals surface area contributed by atoms with Gasteiger partial charge < -0.3 is 10.2 Å². The van der Waals surface area contributed by atoms with Gasteiger partial charge in [0.25, 0.3) is 0 Å². The molecule has 3 aliphatic rings. The minimum atomic E-state index is 0.573. The third kappa shape index (κ3) is 4.60. The van der Waals surface area contributed by atoms with Gasteiger partial charge in [0.2, 0.25) is 5.95 Å². The van der Waals surface area contributed by atoms with Gasteiger partial charge in [0.1, 0.15) is 16.6 Å². The first-order valence-electron chi connectivity index (χ1n) is 12.6. The van der Waals surface area contributed by atoms with Gasteiger partial charge in [0.15, 0.2) is 0 Å². The van der Waals surface area contributed by atoms with E-state index in [0.717, 1.165) is 76.2 Å². The lowest BCUT2D eigenvalue weighted by Crippen LogP contribution is -2.47. The number of aromatic nitrogens is 6. The minimum absolute atomic E-state index is 0.573. The summed E-state index contributed by atoms with van der Waals surface area (Å²) in [7, 11) is 0. The Morgan fingerprint density at radius 3 is 2.63 bits per heavy atom. The zero-order valence-corrected chi connectivity index (χ0v) is 20.7. The smallest absolute Gasteiger partial charge is 0.227 e. The van der Waals surface area contributed by atoms with Crippen LogP contribution in [0.3, 0.4) is 0 Å². The molecule has 0 bridgehead atoms. The van der Waals surface area contributed by atoms with E-state index in [9.17, 15) is 0 Å². The van der Waals surface area contributed by atoms with E-state index >= 15 is 0 Å². The van der Waals surface area contributed by atoms with E-state index in [1.807, 2.05) is 31.5 Å². The second-order valence-corrected chi connectivity index (χ2v) is 11.1. The molecule has 0 aromatic carbocycles. The first-order valence-corrected chi connectivity index (χ1v) is 13.4. The van der Waals surface area contributed by atoms with Gasteiger partial charge in [-0.1, -0.05) is 0 Å². The fraction of sp³-hybridized carbons (Fsp3) is 0.480. The van der Waals surface area contributed by atoms with E-state index in [1.165, 1.54) is 32.2 Å². The Hall–Kier alpha value is -3.11. The Balaban J connectivity index is 1.07. The molecule has 4 aromatic rings. The van der Waals surface area contributed by atoms with Gasteiger partial charge in [-0.05, 0) is 38.5 Å². The fourth-order valence-electron chi connectivity index (χ4n) is 4.70. The number of pyridine rings is 1. The average molecular weight is 488 g/mol. The van der Waals surface area contributed by atoms with Crippen LogP contribution < -0.4 is 10.2 Å². The molecule has 0 spiro atoms. The van der Waals surface area contributed by atoms with Crippen molar-refractivity contribution in [2.24, 2.45) is 5.92 Å². The molecule has 0 unspecified atom stereocenters. The molecule has 5 heterocycles. The Labute approximate surface area is 208 Å². The van der Waals surface area contributed by atoms with Gasteiger partial charge in [0, 0.05) is 68.5 Å². The van der Waals surface area contributed by atoms with Gasteiger partial charge in [-0.3, -0.25) is 9.58 Å². The highest BCUT2D eigenvalue weighted by atomic mass is 32.1. The summed E-state index contributed by atoms with van der Waals surface area (Å²) in [6, 6.07) is 4.54. The molecule has 0 atom stereocenters. The van der Waals surface area contributed by atoms with E-state index in [-0.39, 0.29) is 0 Å². The van der Waals surface area contributed by atoms with Crippen molar-refractivity contribution in [2.45, 2.75) is 38.6 Å². The third-order valence-corrected chi connectivity index (χ3v) is 8.07. The zero-order valence-electron chi connectivity index (χ0n) is 19.9. The molecular formula is C25H29N9S. The largest absolute Gasteiger partial charge is 0.338 e. The summed E-state index contributed by atoms with van der Waals surface area (Å²) in [5, 5.41) is 8.87. The van der Waals surface area contributed by atoms with Crippen LogP contribution in [0.4, 0.5) is 17.6 Å². The molecule has 2 aliphatic carbocycles. The molecule has 0 amide bonds. The lowest BCUT2D eigenvalue weighted by Gasteiger charge is -2.35. The molecule has 1 N–H and O–H groups in total. The second-order valence-electron chi connectivity index (χ2n) is 10.0. The molecule has 4 aromatic heterocycles. The Kier molecular flexibility index (Phi) is 5.16. The van der Waals surface area contributed by atoms with E-state index in [4.69, 9.17) is 15.0 Å². The van der Waals surface area contributed by atoms with Crippen molar-refractivity contribution in [1.82, 2.24) is 34.6 Å². The van der Waals surface area contributed by atoms with Crippen LogP contribution in [0.5, 0.6) is 0 Å². The molecule has 3 fully saturated rings. The van der Waals surface area contributed by atoms with Gasteiger partial charge >= 0.3 is 0 Å². The number of hydrogen-bond donors (Lipinski definition) is 1. The lowest BCUT2D eigenvalue weighted by atomic mass is 10.3. The maximum Gasteiger partial charge on any atom is 0.227 e. The highest BCUT2D eigenvalue weighted by Gasteiger charge is 2.27. The van der Waals surface area contributed by atoms with Gasteiger partial charge in [-0.2, -0.15) is 10.1 Å². The van der Waals surface area contributed by atoms with Gasteiger partial charge in [-0.15, -0.1) is 11.3 Å². The molecule has 0 radical (unpaired) electrons. The van der Waals surface area contributed by atoms with Crippen LogP contribution in [0, 0.1) is 12.8 Å². The van der Waals surface area contributed by atoms with Crippen LogP contribution in [-0.2, 0) is 0 Å².